The lowest BCUT2D eigenvalue weighted by Gasteiger charge is -2.30. The number of halogens is 1. The molecule has 30 heavy (non-hydrogen) atoms. The standard InChI is InChI=1S/C23H26BrN3O3/c1-23(2,3)17-6-4-15(5-7-17)20(28)22(30)27-12-10-16(11-13-27)21(29)26-19-9-8-18(24)14-25-19/h4-9,14,16H,10-13H2,1-3H3,(H,25,26,29). The van der Waals surface area contributed by atoms with Crippen LogP contribution in [-0.2, 0) is 15.0 Å². The number of ketones is 1. The molecule has 1 aromatic carbocycles. The molecule has 3 rings (SSSR count). The number of pyridine rings is 1. The Morgan fingerprint density at radius 3 is 2.20 bits per heavy atom. The zero-order chi connectivity index (χ0) is 21.9. The number of carbonyl (C=O) groups is 3. The Kier molecular flexibility index (Phi) is 6.71. The number of carbonyl (C=O) groups excluding carboxylic acids is 3. The van der Waals surface area contributed by atoms with Crippen LogP contribution in [0.15, 0.2) is 47.1 Å². The van der Waals surface area contributed by atoms with Gasteiger partial charge in [0, 0.05) is 35.2 Å². The molecule has 0 spiro atoms. The van der Waals surface area contributed by atoms with E-state index in [4.69, 9.17) is 0 Å². The van der Waals surface area contributed by atoms with Gasteiger partial charge >= 0.3 is 0 Å². The van der Waals surface area contributed by atoms with E-state index in [1.165, 1.54) is 0 Å². The van der Waals surface area contributed by atoms with Crippen molar-refractivity contribution < 1.29 is 14.4 Å². The van der Waals surface area contributed by atoms with Crippen molar-refractivity contribution in [2.24, 2.45) is 5.92 Å². The summed E-state index contributed by atoms with van der Waals surface area (Å²) in [5, 5.41) is 2.81. The molecule has 1 fully saturated rings. The Hall–Kier alpha value is -2.54. The van der Waals surface area contributed by atoms with Gasteiger partial charge in [0.25, 0.3) is 5.91 Å². The molecule has 7 heteroatoms. The quantitative estimate of drug-likeness (QED) is 0.535. The van der Waals surface area contributed by atoms with Gasteiger partial charge in [0.2, 0.25) is 11.7 Å². The fourth-order valence-corrected chi connectivity index (χ4v) is 3.65. The Morgan fingerprint density at radius 2 is 1.67 bits per heavy atom. The average molecular weight is 472 g/mol. The summed E-state index contributed by atoms with van der Waals surface area (Å²) in [6, 6.07) is 10.8. The van der Waals surface area contributed by atoms with Crippen LogP contribution in [0.4, 0.5) is 5.82 Å². The van der Waals surface area contributed by atoms with Gasteiger partial charge in [-0.3, -0.25) is 14.4 Å². The molecule has 1 N–H and O–H groups in total. The molecule has 6 nitrogen and oxygen atoms in total. The van der Waals surface area contributed by atoms with Crippen LogP contribution in [0, 0.1) is 5.92 Å². The number of Topliss-reactive ketones (excluding diaryl/α,β-unsaturated/α-hetero) is 1. The third-order valence-electron chi connectivity index (χ3n) is 5.34. The van der Waals surface area contributed by atoms with Crippen molar-refractivity contribution in [3.8, 4) is 0 Å². The Bertz CT molecular complexity index is 926. The van der Waals surface area contributed by atoms with Crippen LogP contribution >= 0.6 is 15.9 Å². The molecule has 1 saturated heterocycles. The highest BCUT2D eigenvalue weighted by Gasteiger charge is 2.30. The molecular formula is C23H26BrN3O3. The molecule has 0 bridgehead atoms. The number of hydrogen-bond donors (Lipinski definition) is 1. The third-order valence-corrected chi connectivity index (χ3v) is 5.81. The summed E-state index contributed by atoms with van der Waals surface area (Å²) >= 11 is 3.31. The van der Waals surface area contributed by atoms with E-state index in [1.807, 2.05) is 18.2 Å². The summed E-state index contributed by atoms with van der Waals surface area (Å²) in [4.78, 5) is 43.4. The van der Waals surface area contributed by atoms with Gasteiger partial charge < -0.3 is 10.2 Å². The van der Waals surface area contributed by atoms with Gasteiger partial charge in [0.1, 0.15) is 5.82 Å². The van der Waals surface area contributed by atoms with E-state index in [0.717, 1.165) is 10.0 Å². The smallest absolute Gasteiger partial charge is 0.294 e. The number of likely N-dealkylation sites (tertiary alicyclic amines) is 1. The number of amides is 2. The zero-order valence-electron chi connectivity index (χ0n) is 17.4. The second-order valence-corrected chi connectivity index (χ2v) is 9.49. The summed E-state index contributed by atoms with van der Waals surface area (Å²) in [5.41, 5.74) is 1.49. The Balaban J connectivity index is 1.55. The lowest BCUT2D eigenvalue weighted by molar-refractivity contribution is -0.130. The molecule has 1 aromatic heterocycles. The predicted molar refractivity (Wildman–Crippen MR) is 119 cm³/mol. The van der Waals surface area contributed by atoms with Gasteiger partial charge in [-0.25, -0.2) is 4.98 Å². The lowest BCUT2D eigenvalue weighted by Crippen LogP contribution is -2.44. The highest BCUT2D eigenvalue weighted by molar-refractivity contribution is 9.10. The molecule has 2 amide bonds. The van der Waals surface area contributed by atoms with Gasteiger partial charge in [-0.2, -0.15) is 0 Å². The number of nitrogens with zero attached hydrogens (tertiary/aromatic N) is 2. The van der Waals surface area contributed by atoms with Crippen LogP contribution in [0.2, 0.25) is 0 Å². The predicted octanol–water partition coefficient (Wildman–Crippen LogP) is 4.20. The first kappa shape index (κ1) is 22.2. The van der Waals surface area contributed by atoms with Crippen LogP contribution < -0.4 is 5.32 Å². The molecule has 0 radical (unpaired) electrons. The lowest BCUT2D eigenvalue weighted by atomic mass is 9.86. The van der Waals surface area contributed by atoms with E-state index < -0.39 is 11.7 Å². The molecule has 0 unspecified atom stereocenters. The van der Waals surface area contributed by atoms with Gasteiger partial charge in [0.05, 0.1) is 0 Å². The molecule has 1 aliphatic heterocycles. The van der Waals surface area contributed by atoms with Gasteiger partial charge in [-0.05, 0) is 51.9 Å². The minimum absolute atomic E-state index is 0.0141. The Morgan fingerprint density at radius 1 is 1.03 bits per heavy atom. The molecule has 2 aromatic rings. The van der Waals surface area contributed by atoms with Crippen molar-refractivity contribution in [3.63, 3.8) is 0 Å². The number of anilines is 1. The maximum Gasteiger partial charge on any atom is 0.294 e. The largest absolute Gasteiger partial charge is 0.336 e. The van der Waals surface area contributed by atoms with Gasteiger partial charge in [0.15, 0.2) is 0 Å². The third kappa shape index (κ3) is 5.33. The molecule has 0 atom stereocenters. The number of rotatable bonds is 4. The highest BCUT2D eigenvalue weighted by atomic mass is 79.9. The van der Waals surface area contributed by atoms with E-state index in [2.05, 4.69) is 47.0 Å². The molecular weight excluding hydrogens is 446 g/mol. The van der Waals surface area contributed by atoms with Crippen LogP contribution in [0.3, 0.4) is 0 Å². The molecule has 0 aliphatic carbocycles. The maximum absolute atomic E-state index is 12.6. The minimum Gasteiger partial charge on any atom is -0.336 e. The number of aromatic nitrogens is 1. The average Bonchev–Trinajstić information content (AvgIpc) is 2.74. The normalized spacial score (nSPS) is 15.0. The summed E-state index contributed by atoms with van der Waals surface area (Å²) in [5.74, 6) is -0.832. The molecule has 2 heterocycles. The van der Waals surface area contributed by atoms with E-state index >= 15 is 0 Å². The summed E-state index contributed by atoms with van der Waals surface area (Å²) < 4.78 is 0.838. The first-order valence-corrected chi connectivity index (χ1v) is 10.8. The topological polar surface area (TPSA) is 79.4 Å². The molecule has 1 aliphatic rings. The first-order valence-electron chi connectivity index (χ1n) is 10.0. The first-order chi connectivity index (χ1) is 14.1. The van der Waals surface area contributed by atoms with E-state index in [-0.39, 0.29) is 17.2 Å². The summed E-state index contributed by atoms with van der Waals surface area (Å²) in [7, 11) is 0. The van der Waals surface area contributed by atoms with Gasteiger partial charge in [-0.1, -0.05) is 45.0 Å². The number of nitrogens with one attached hydrogen (secondary N) is 1. The van der Waals surface area contributed by atoms with Crippen molar-refractivity contribution in [2.75, 3.05) is 18.4 Å². The van der Waals surface area contributed by atoms with Crippen LogP contribution in [0.1, 0.15) is 49.5 Å². The zero-order valence-corrected chi connectivity index (χ0v) is 19.0. The van der Waals surface area contributed by atoms with Crippen LogP contribution in [0.5, 0.6) is 0 Å². The fraction of sp³-hybridized carbons (Fsp3) is 0.391. The number of benzene rings is 1. The van der Waals surface area contributed by atoms with Crippen molar-refractivity contribution in [2.45, 2.75) is 39.0 Å². The highest BCUT2D eigenvalue weighted by Crippen LogP contribution is 2.23. The second-order valence-electron chi connectivity index (χ2n) is 8.57. The molecule has 158 valence electrons. The van der Waals surface area contributed by atoms with Crippen molar-refractivity contribution in [1.82, 2.24) is 9.88 Å². The fourth-order valence-electron chi connectivity index (χ4n) is 3.41. The van der Waals surface area contributed by atoms with E-state index in [1.54, 1.807) is 29.3 Å². The van der Waals surface area contributed by atoms with Gasteiger partial charge in [-0.15, -0.1) is 0 Å². The van der Waals surface area contributed by atoms with E-state index in [9.17, 15) is 14.4 Å². The van der Waals surface area contributed by atoms with Crippen LogP contribution in [-0.4, -0.2) is 40.6 Å². The molecule has 0 saturated carbocycles. The maximum atomic E-state index is 12.6. The number of piperidine rings is 1. The monoisotopic (exact) mass is 471 g/mol. The SMILES string of the molecule is CC(C)(C)c1ccc(C(=O)C(=O)N2CCC(C(=O)Nc3ccc(Br)cn3)CC2)cc1. The van der Waals surface area contributed by atoms with E-state index in [0.29, 0.717) is 37.3 Å². The summed E-state index contributed by atoms with van der Waals surface area (Å²) in [6.07, 6.45) is 2.66. The minimum atomic E-state index is -0.507. The van der Waals surface area contributed by atoms with Crippen LogP contribution in [0.25, 0.3) is 0 Å². The van der Waals surface area contributed by atoms with Crippen molar-refractivity contribution in [1.29, 1.82) is 0 Å². The second kappa shape index (κ2) is 9.08. The Labute approximate surface area is 185 Å². The van der Waals surface area contributed by atoms with Crippen molar-refractivity contribution in [3.05, 3.63) is 58.2 Å². The summed E-state index contributed by atoms with van der Waals surface area (Å²) in [6.45, 7) is 7.07. The number of hydrogen-bond acceptors (Lipinski definition) is 4. The van der Waals surface area contributed by atoms with Crippen molar-refractivity contribution >= 4 is 39.3 Å².